The average Bonchev–Trinajstić information content (AvgIpc) is 2.93. The lowest BCUT2D eigenvalue weighted by molar-refractivity contribution is 0.189. The topological polar surface area (TPSA) is 88.4 Å². The molecule has 0 saturated carbocycles. The second-order valence-corrected chi connectivity index (χ2v) is 6.15. The van der Waals surface area contributed by atoms with E-state index in [4.69, 9.17) is 10.4 Å². The fraction of sp³-hybridized carbons (Fsp3) is 0.529. The van der Waals surface area contributed by atoms with Crippen LogP contribution < -0.4 is 10.6 Å². The maximum absolute atomic E-state index is 11.0. The number of nitrogens with one attached hydrogen (secondary N) is 2. The lowest BCUT2D eigenvalue weighted by atomic mass is 10.0. The molecular formula is C17H24N4O2. The number of hydrogen-bond donors (Lipinski definition) is 3. The van der Waals surface area contributed by atoms with Crippen molar-refractivity contribution in [1.82, 2.24) is 15.5 Å². The molecule has 1 unspecified atom stereocenters. The molecule has 124 valence electrons. The summed E-state index contributed by atoms with van der Waals surface area (Å²) in [5.41, 5.74) is 1.65. The maximum Gasteiger partial charge on any atom is 0.404 e. The molecule has 2 rings (SSSR count). The number of hydrogen-bond acceptors (Lipinski definition) is 4. The van der Waals surface area contributed by atoms with Gasteiger partial charge in [0.2, 0.25) is 0 Å². The van der Waals surface area contributed by atoms with Crippen molar-refractivity contribution in [3.63, 3.8) is 0 Å². The lowest BCUT2D eigenvalue weighted by Crippen LogP contribution is -2.40. The summed E-state index contributed by atoms with van der Waals surface area (Å²) < 4.78 is 0. The van der Waals surface area contributed by atoms with Gasteiger partial charge >= 0.3 is 6.09 Å². The number of nitriles is 1. The number of carboxylic acid groups (broad SMARTS) is 1. The number of nitrogens with zero attached hydrogens (tertiary/aromatic N) is 2. The summed E-state index contributed by atoms with van der Waals surface area (Å²) in [6.07, 6.45) is 1.52. The van der Waals surface area contributed by atoms with E-state index >= 15 is 0 Å². The van der Waals surface area contributed by atoms with Crippen molar-refractivity contribution in [3.05, 3.63) is 35.4 Å². The molecule has 6 heteroatoms. The maximum atomic E-state index is 11.0. The van der Waals surface area contributed by atoms with Crippen LogP contribution in [0.25, 0.3) is 0 Å². The quantitative estimate of drug-likeness (QED) is 0.708. The highest BCUT2D eigenvalue weighted by Crippen LogP contribution is 2.10. The Morgan fingerprint density at radius 1 is 1.48 bits per heavy atom. The molecule has 1 amide bonds. The van der Waals surface area contributed by atoms with E-state index in [2.05, 4.69) is 28.7 Å². The van der Waals surface area contributed by atoms with Crippen molar-refractivity contribution in [2.24, 2.45) is 0 Å². The minimum absolute atomic E-state index is 0.132. The molecule has 0 bridgehead atoms. The number of likely N-dealkylation sites (N-methyl/N-ethyl adjacent to an activating group) is 1. The summed E-state index contributed by atoms with van der Waals surface area (Å²) in [7, 11) is 2.11. The molecule has 1 aliphatic heterocycles. The predicted octanol–water partition coefficient (Wildman–Crippen LogP) is 1.42. The third-order valence-corrected chi connectivity index (χ3v) is 4.21. The van der Waals surface area contributed by atoms with Crippen LogP contribution in [-0.4, -0.2) is 54.9 Å². The zero-order valence-corrected chi connectivity index (χ0v) is 13.5. The molecule has 1 saturated heterocycles. The van der Waals surface area contributed by atoms with Crippen LogP contribution in [0.3, 0.4) is 0 Å². The van der Waals surface area contributed by atoms with Crippen molar-refractivity contribution in [1.29, 1.82) is 5.26 Å². The van der Waals surface area contributed by atoms with E-state index in [0.29, 0.717) is 18.0 Å². The lowest BCUT2D eigenvalue weighted by Gasteiger charge is -2.19. The van der Waals surface area contributed by atoms with Crippen LogP contribution in [0.1, 0.15) is 24.0 Å². The molecule has 3 N–H and O–H groups in total. The second-order valence-electron chi connectivity index (χ2n) is 6.15. The highest BCUT2D eigenvalue weighted by Gasteiger charge is 2.19. The Morgan fingerprint density at radius 2 is 2.22 bits per heavy atom. The van der Waals surface area contributed by atoms with E-state index in [9.17, 15) is 4.79 Å². The van der Waals surface area contributed by atoms with Gasteiger partial charge in [0, 0.05) is 18.6 Å². The first kappa shape index (κ1) is 17.3. The molecular weight excluding hydrogens is 292 g/mol. The molecule has 0 spiro atoms. The van der Waals surface area contributed by atoms with E-state index in [1.165, 1.54) is 0 Å². The normalized spacial score (nSPS) is 19.2. The monoisotopic (exact) mass is 316 g/mol. The summed E-state index contributed by atoms with van der Waals surface area (Å²) >= 11 is 0. The molecule has 1 fully saturated rings. The van der Waals surface area contributed by atoms with Gasteiger partial charge in [-0.25, -0.2) is 4.79 Å². The van der Waals surface area contributed by atoms with Crippen molar-refractivity contribution in [3.8, 4) is 6.07 Å². The van der Waals surface area contributed by atoms with Crippen molar-refractivity contribution >= 4 is 6.09 Å². The molecule has 1 aromatic rings. The number of rotatable bonds is 7. The Hall–Kier alpha value is -2.10. The fourth-order valence-corrected chi connectivity index (χ4v) is 2.96. The minimum atomic E-state index is -0.996. The molecule has 2 atom stereocenters. The van der Waals surface area contributed by atoms with Crippen LogP contribution in [0.4, 0.5) is 4.79 Å². The first-order valence-electron chi connectivity index (χ1n) is 7.97. The highest BCUT2D eigenvalue weighted by atomic mass is 16.4. The standard InChI is InChI=1S/C17H24N4O2/c1-21-9-7-16(12-21)19-8-6-15(20-17(22)23)10-13-2-4-14(11-18)5-3-13/h2-5,15-16,19-20H,6-10,12H2,1H3,(H,22,23)/t15?,16-/m0/s1. The first-order valence-corrected chi connectivity index (χ1v) is 7.97. The Morgan fingerprint density at radius 3 is 2.78 bits per heavy atom. The first-order chi connectivity index (χ1) is 11.1. The molecule has 1 aliphatic rings. The van der Waals surface area contributed by atoms with Gasteiger partial charge in [0.05, 0.1) is 11.6 Å². The predicted molar refractivity (Wildman–Crippen MR) is 88.3 cm³/mol. The van der Waals surface area contributed by atoms with E-state index in [-0.39, 0.29) is 6.04 Å². The molecule has 0 radical (unpaired) electrons. The molecule has 6 nitrogen and oxygen atoms in total. The van der Waals surface area contributed by atoms with Crippen LogP contribution in [0.2, 0.25) is 0 Å². The molecule has 0 aliphatic carbocycles. The van der Waals surface area contributed by atoms with Crippen molar-refractivity contribution in [2.45, 2.75) is 31.3 Å². The summed E-state index contributed by atoms with van der Waals surface area (Å²) in [4.78, 5) is 13.3. The van der Waals surface area contributed by atoms with Crippen LogP contribution in [0.15, 0.2) is 24.3 Å². The van der Waals surface area contributed by atoms with E-state index < -0.39 is 6.09 Å². The smallest absolute Gasteiger partial charge is 0.404 e. The highest BCUT2D eigenvalue weighted by molar-refractivity contribution is 5.64. The second kappa shape index (κ2) is 8.51. The van der Waals surface area contributed by atoms with Gasteiger partial charge in [-0.15, -0.1) is 0 Å². The van der Waals surface area contributed by atoms with Gasteiger partial charge in [-0.3, -0.25) is 0 Å². The zero-order valence-electron chi connectivity index (χ0n) is 13.5. The molecule has 0 aromatic heterocycles. The Bertz CT molecular complexity index is 553. The van der Waals surface area contributed by atoms with Crippen LogP contribution in [-0.2, 0) is 6.42 Å². The summed E-state index contributed by atoms with van der Waals surface area (Å²) in [6, 6.07) is 9.75. The van der Waals surface area contributed by atoms with Gasteiger partial charge in [0.25, 0.3) is 0 Å². The van der Waals surface area contributed by atoms with E-state index in [0.717, 1.165) is 38.0 Å². The fourth-order valence-electron chi connectivity index (χ4n) is 2.96. The van der Waals surface area contributed by atoms with Crippen LogP contribution in [0.5, 0.6) is 0 Å². The largest absolute Gasteiger partial charge is 0.465 e. The molecule has 1 heterocycles. The number of likely N-dealkylation sites (tertiary alicyclic amines) is 1. The number of carbonyl (C=O) groups is 1. The van der Waals surface area contributed by atoms with Gasteiger partial charge in [-0.2, -0.15) is 5.26 Å². The van der Waals surface area contributed by atoms with Gasteiger partial charge < -0.3 is 20.6 Å². The van der Waals surface area contributed by atoms with Gasteiger partial charge in [-0.05, 0) is 57.1 Å². The minimum Gasteiger partial charge on any atom is -0.465 e. The van der Waals surface area contributed by atoms with Crippen LogP contribution >= 0.6 is 0 Å². The van der Waals surface area contributed by atoms with Crippen molar-refractivity contribution in [2.75, 3.05) is 26.7 Å². The SMILES string of the molecule is CN1CC[C@H](NCCC(Cc2ccc(C#N)cc2)NC(=O)O)C1. The van der Waals surface area contributed by atoms with Crippen LogP contribution in [0, 0.1) is 11.3 Å². The summed E-state index contributed by atoms with van der Waals surface area (Å²) in [5.74, 6) is 0. The Balaban J connectivity index is 1.83. The molecule has 1 aromatic carbocycles. The summed E-state index contributed by atoms with van der Waals surface area (Å²) in [5, 5.41) is 23.9. The average molecular weight is 316 g/mol. The van der Waals surface area contributed by atoms with Gasteiger partial charge in [0.1, 0.15) is 0 Å². The Kier molecular flexibility index (Phi) is 6.39. The van der Waals surface area contributed by atoms with E-state index in [1.54, 1.807) is 12.1 Å². The van der Waals surface area contributed by atoms with Gasteiger partial charge in [-0.1, -0.05) is 12.1 Å². The number of amides is 1. The van der Waals surface area contributed by atoms with E-state index in [1.807, 2.05) is 12.1 Å². The third kappa shape index (κ3) is 5.89. The molecule has 23 heavy (non-hydrogen) atoms. The van der Waals surface area contributed by atoms with Crippen molar-refractivity contribution < 1.29 is 9.90 Å². The Labute approximate surface area is 137 Å². The third-order valence-electron chi connectivity index (χ3n) is 4.21. The zero-order chi connectivity index (χ0) is 16.7. The van der Waals surface area contributed by atoms with Gasteiger partial charge in [0.15, 0.2) is 0 Å². The number of benzene rings is 1. The summed E-state index contributed by atoms with van der Waals surface area (Å²) in [6.45, 7) is 2.95.